The molecule has 0 spiro atoms. The summed E-state index contributed by atoms with van der Waals surface area (Å²) in [5.74, 6) is 0.899. The molecule has 1 N–H and O–H groups in total. The van der Waals surface area contributed by atoms with E-state index in [4.69, 9.17) is 4.74 Å². The zero-order valence-electron chi connectivity index (χ0n) is 9.13. The summed E-state index contributed by atoms with van der Waals surface area (Å²) < 4.78 is 5.53. The maximum Gasteiger partial charge on any atom is 0.0494 e. The maximum atomic E-state index is 5.53. The zero-order chi connectivity index (χ0) is 10.1. The first-order chi connectivity index (χ1) is 6.93. The van der Waals surface area contributed by atoms with Gasteiger partial charge < -0.3 is 10.1 Å². The molecule has 0 bridgehead atoms. The summed E-state index contributed by atoms with van der Waals surface area (Å²) in [5.41, 5.74) is 0. The Kier molecular flexibility index (Phi) is 6.71. The van der Waals surface area contributed by atoms with Crippen LogP contribution >= 0.6 is 0 Å². The third kappa shape index (κ3) is 7.10. The molecule has 2 heteroatoms. The van der Waals surface area contributed by atoms with E-state index in [2.05, 4.69) is 11.9 Å². The smallest absolute Gasteiger partial charge is 0.0494 e. The SMILES string of the molecule is C=CCCCNCCCOCC1CC1. The van der Waals surface area contributed by atoms with Crippen molar-refractivity contribution < 1.29 is 4.74 Å². The fraction of sp³-hybridized carbons (Fsp3) is 0.833. The highest BCUT2D eigenvalue weighted by Gasteiger charge is 2.20. The largest absolute Gasteiger partial charge is 0.381 e. The molecule has 0 aliphatic heterocycles. The molecule has 0 unspecified atom stereocenters. The number of hydrogen-bond donors (Lipinski definition) is 1. The van der Waals surface area contributed by atoms with E-state index < -0.39 is 0 Å². The van der Waals surface area contributed by atoms with Gasteiger partial charge in [-0.3, -0.25) is 0 Å². The van der Waals surface area contributed by atoms with Crippen molar-refractivity contribution >= 4 is 0 Å². The van der Waals surface area contributed by atoms with Crippen LogP contribution in [0.25, 0.3) is 0 Å². The summed E-state index contributed by atoms with van der Waals surface area (Å²) in [5, 5.41) is 3.40. The van der Waals surface area contributed by atoms with Crippen LogP contribution in [0.1, 0.15) is 32.1 Å². The van der Waals surface area contributed by atoms with Crippen molar-refractivity contribution in [3.05, 3.63) is 12.7 Å². The molecule has 0 saturated heterocycles. The Labute approximate surface area is 87.7 Å². The molecule has 1 rings (SSSR count). The molecular weight excluding hydrogens is 174 g/mol. The summed E-state index contributed by atoms with van der Waals surface area (Å²) in [4.78, 5) is 0. The molecule has 1 aliphatic carbocycles. The van der Waals surface area contributed by atoms with Crippen LogP contribution in [0.5, 0.6) is 0 Å². The number of allylic oxidation sites excluding steroid dienone is 1. The molecule has 0 amide bonds. The molecule has 0 heterocycles. The number of hydrogen-bond acceptors (Lipinski definition) is 2. The van der Waals surface area contributed by atoms with Crippen LogP contribution in [0.15, 0.2) is 12.7 Å². The van der Waals surface area contributed by atoms with Crippen molar-refractivity contribution in [1.82, 2.24) is 5.32 Å². The Bertz CT molecular complexity index is 143. The van der Waals surface area contributed by atoms with Gasteiger partial charge >= 0.3 is 0 Å². The fourth-order valence-electron chi connectivity index (χ4n) is 1.33. The maximum absolute atomic E-state index is 5.53. The molecule has 0 aromatic heterocycles. The monoisotopic (exact) mass is 197 g/mol. The Hall–Kier alpha value is -0.340. The molecule has 14 heavy (non-hydrogen) atoms. The van der Waals surface area contributed by atoms with E-state index in [1.54, 1.807) is 0 Å². The van der Waals surface area contributed by atoms with Crippen LogP contribution in [0.3, 0.4) is 0 Å². The van der Waals surface area contributed by atoms with Crippen molar-refractivity contribution in [2.24, 2.45) is 5.92 Å². The van der Waals surface area contributed by atoms with E-state index in [1.165, 1.54) is 19.3 Å². The predicted molar refractivity (Wildman–Crippen MR) is 60.5 cm³/mol. The molecule has 1 aliphatic rings. The summed E-state index contributed by atoms with van der Waals surface area (Å²) in [6.45, 7) is 7.80. The van der Waals surface area contributed by atoms with E-state index in [0.29, 0.717) is 0 Å². The first-order valence-electron chi connectivity index (χ1n) is 5.83. The molecule has 82 valence electrons. The van der Waals surface area contributed by atoms with Crippen LogP contribution in [0.4, 0.5) is 0 Å². The van der Waals surface area contributed by atoms with Gasteiger partial charge in [0, 0.05) is 13.2 Å². The fourth-order valence-corrected chi connectivity index (χ4v) is 1.33. The number of ether oxygens (including phenoxy) is 1. The van der Waals surface area contributed by atoms with Crippen LogP contribution in [0, 0.1) is 5.92 Å². The first kappa shape index (κ1) is 11.7. The molecule has 0 aromatic carbocycles. The van der Waals surface area contributed by atoms with E-state index in [-0.39, 0.29) is 0 Å². The summed E-state index contributed by atoms with van der Waals surface area (Å²) in [6, 6.07) is 0. The topological polar surface area (TPSA) is 21.3 Å². The van der Waals surface area contributed by atoms with E-state index >= 15 is 0 Å². The Morgan fingerprint density at radius 2 is 2.07 bits per heavy atom. The van der Waals surface area contributed by atoms with Gasteiger partial charge in [0.15, 0.2) is 0 Å². The molecule has 0 atom stereocenters. The van der Waals surface area contributed by atoms with Gasteiger partial charge in [-0.25, -0.2) is 0 Å². The lowest BCUT2D eigenvalue weighted by Crippen LogP contribution is -2.18. The van der Waals surface area contributed by atoms with Gasteiger partial charge in [-0.1, -0.05) is 6.08 Å². The minimum Gasteiger partial charge on any atom is -0.381 e. The van der Waals surface area contributed by atoms with Crippen molar-refractivity contribution in [3.63, 3.8) is 0 Å². The molecule has 0 aromatic rings. The molecule has 2 nitrogen and oxygen atoms in total. The summed E-state index contributed by atoms with van der Waals surface area (Å²) >= 11 is 0. The van der Waals surface area contributed by atoms with E-state index in [0.717, 1.165) is 45.1 Å². The van der Waals surface area contributed by atoms with Gasteiger partial charge in [-0.2, -0.15) is 0 Å². The molecular formula is C12H23NO. The second-order valence-electron chi connectivity index (χ2n) is 4.05. The lowest BCUT2D eigenvalue weighted by atomic mass is 10.3. The predicted octanol–water partition coefficient (Wildman–Crippen LogP) is 2.36. The zero-order valence-corrected chi connectivity index (χ0v) is 9.13. The average Bonchev–Trinajstić information content (AvgIpc) is 2.99. The van der Waals surface area contributed by atoms with Gasteiger partial charge in [-0.05, 0) is 51.1 Å². The van der Waals surface area contributed by atoms with Gasteiger partial charge in [0.05, 0.1) is 0 Å². The summed E-state index contributed by atoms with van der Waals surface area (Å²) in [6.07, 6.45) is 8.21. The molecule has 1 saturated carbocycles. The third-order valence-electron chi connectivity index (χ3n) is 2.45. The number of unbranched alkanes of at least 4 members (excludes halogenated alkanes) is 1. The highest BCUT2D eigenvalue weighted by atomic mass is 16.5. The normalized spacial score (nSPS) is 15.7. The summed E-state index contributed by atoms with van der Waals surface area (Å²) in [7, 11) is 0. The van der Waals surface area contributed by atoms with Crippen molar-refractivity contribution in [2.45, 2.75) is 32.1 Å². The van der Waals surface area contributed by atoms with Crippen LogP contribution in [-0.4, -0.2) is 26.3 Å². The second kappa shape index (κ2) is 8.01. The van der Waals surface area contributed by atoms with Crippen molar-refractivity contribution in [1.29, 1.82) is 0 Å². The third-order valence-corrected chi connectivity index (χ3v) is 2.45. The minimum atomic E-state index is 0.899. The standard InChI is InChI=1S/C12H23NO/c1-2-3-4-8-13-9-5-10-14-11-12-6-7-12/h2,12-13H,1,3-11H2. The first-order valence-corrected chi connectivity index (χ1v) is 5.83. The van der Waals surface area contributed by atoms with Gasteiger partial charge in [0.25, 0.3) is 0 Å². The van der Waals surface area contributed by atoms with Crippen LogP contribution in [-0.2, 0) is 4.74 Å². The van der Waals surface area contributed by atoms with Crippen LogP contribution < -0.4 is 5.32 Å². The number of nitrogens with one attached hydrogen (secondary N) is 1. The van der Waals surface area contributed by atoms with Gasteiger partial charge in [0.1, 0.15) is 0 Å². The Morgan fingerprint density at radius 1 is 1.29 bits per heavy atom. The minimum absolute atomic E-state index is 0.899. The Balaban J connectivity index is 1.64. The lowest BCUT2D eigenvalue weighted by molar-refractivity contribution is 0.122. The Morgan fingerprint density at radius 3 is 2.79 bits per heavy atom. The van der Waals surface area contributed by atoms with E-state index in [1.807, 2.05) is 6.08 Å². The quantitative estimate of drug-likeness (QED) is 0.429. The van der Waals surface area contributed by atoms with Crippen molar-refractivity contribution in [2.75, 3.05) is 26.3 Å². The second-order valence-corrected chi connectivity index (χ2v) is 4.05. The van der Waals surface area contributed by atoms with E-state index in [9.17, 15) is 0 Å². The highest BCUT2D eigenvalue weighted by Crippen LogP contribution is 2.28. The van der Waals surface area contributed by atoms with Crippen LogP contribution in [0.2, 0.25) is 0 Å². The highest BCUT2D eigenvalue weighted by molar-refractivity contribution is 4.71. The van der Waals surface area contributed by atoms with Gasteiger partial charge in [0.2, 0.25) is 0 Å². The van der Waals surface area contributed by atoms with Crippen molar-refractivity contribution in [3.8, 4) is 0 Å². The van der Waals surface area contributed by atoms with Gasteiger partial charge in [-0.15, -0.1) is 6.58 Å². The molecule has 1 fully saturated rings. The average molecular weight is 197 g/mol. The lowest BCUT2D eigenvalue weighted by Gasteiger charge is -2.04. The number of rotatable bonds is 10. The molecule has 0 radical (unpaired) electrons.